The fourth-order valence-corrected chi connectivity index (χ4v) is 6.28. The number of carbonyl (C=O) groups is 3. The fraction of sp³-hybridized carbons (Fsp3) is 0.483. The van der Waals surface area contributed by atoms with E-state index < -0.39 is 17.0 Å². The van der Waals surface area contributed by atoms with Gasteiger partial charge in [0.15, 0.2) is 0 Å². The number of thioether (sulfide) groups is 1. The van der Waals surface area contributed by atoms with E-state index in [-0.39, 0.29) is 41.6 Å². The van der Waals surface area contributed by atoms with Crippen molar-refractivity contribution in [1.29, 1.82) is 0 Å². The lowest BCUT2D eigenvalue weighted by molar-refractivity contribution is -0.136. The predicted molar refractivity (Wildman–Crippen MR) is 147 cm³/mol. The second kappa shape index (κ2) is 12.1. The van der Waals surface area contributed by atoms with Crippen LogP contribution in [0.25, 0.3) is 0 Å². The number of rotatable bonds is 9. The maximum absolute atomic E-state index is 13.9. The molecule has 0 aromatic heterocycles. The molecule has 2 aromatic rings. The number of amides is 3. The van der Waals surface area contributed by atoms with Gasteiger partial charge in [-0.15, -0.1) is 0 Å². The summed E-state index contributed by atoms with van der Waals surface area (Å²) in [4.78, 5) is 40.4. The molecule has 40 heavy (non-hydrogen) atoms. The Morgan fingerprint density at radius 2 is 1.80 bits per heavy atom. The van der Waals surface area contributed by atoms with Crippen molar-refractivity contribution >= 4 is 35.4 Å². The van der Waals surface area contributed by atoms with Crippen LogP contribution in [0.4, 0.5) is 23.7 Å². The Morgan fingerprint density at radius 3 is 2.40 bits per heavy atom. The van der Waals surface area contributed by atoms with E-state index >= 15 is 0 Å². The molecule has 1 aliphatic carbocycles. The van der Waals surface area contributed by atoms with Gasteiger partial charge in [-0.2, -0.15) is 13.2 Å². The van der Waals surface area contributed by atoms with Crippen LogP contribution < -0.4 is 10.2 Å². The summed E-state index contributed by atoms with van der Waals surface area (Å²) in [5, 5.41) is 11.3. The van der Waals surface area contributed by atoms with Gasteiger partial charge in [0.25, 0.3) is 5.91 Å². The van der Waals surface area contributed by atoms with E-state index in [1.807, 2.05) is 4.90 Å². The summed E-state index contributed by atoms with van der Waals surface area (Å²) in [6.45, 7) is 5.14. The molecule has 0 bridgehead atoms. The lowest BCUT2D eigenvalue weighted by Crippen LogP contribution is -2.49. The number of nitrogens with one attached hydrogen (secondary N) is 1. The van der Waals surface area contributed by atoms with Crippen LogP contribution in [0.5, 0.6) is 0 Å². The number of hydrogen-bond donors (Lipinski definition) is 2. The minimum atomic E-state index is -4.42. The number of alkyl halides is 3. The maximum atomic E-state index is 13.9. The molecular formula is C29H34F3N3O4S. The van der Waals surface area contributed by atoms with Gasteiger partial charge in [-0.05, 0) is 85.2 Å². The topological polar surface area (TPSA) is 90.0 Å². The molecular weight excluding hydrogens is 543 g/mol. The first-order valence-corrected chi connectivity index (χ1v) is 14.2. The fourth-order valence-electron chi connectivity index (χ4n) is 5.68. The molecule has 2 N–H and O–H groups in total. The van der Waals surface area contributed by atoms with Crippen LogP contribution >= 0.6 is 11.8 Å². The lowest BCUT2D eigenvalue weighted by Gasteiger charge is -2.43. The van der Waals surface area contributed by atoms with Gasteiger partial charge < -0.3 is 15.3 Å². The van der Waals surface area contributed by atoms with Crippen molar-refractivity contribution in [2.75, 3.05) is 18.0 Å². The van der Waals surface area contributed by atoms with Gasteiger partial charge in [-0.3, -0.25) is 14.5 Å². The Labute approximate surface area is 236 Å². The second-order valence-electron chi connectivity index (χ2n) is 10.9. The quantitative estimate of drug-likeness (QED) is 0.331. The Bertz CT molecular complexity index is 1230. The number of anilines is 1. The third-order valence-electron chi connectivity index (χ3n) is 7.93. The SMILES string of the molecule is CC(C)C1CCC2(CC1)CN(c1cccc(SC(F)(F)F)c1)C(=O)N2Cc1ccc(C(=O)NCCC(=O)O)cc1. The van der Waals surface area contributed by atoms with Crippen molar-refractivity contribution in [3.05, 3.63) is 59.7 Å². The number of urea groups is 1. The summed E-state index contributed by atoms with van der Waals surface area (Å²) in [5.74, 6) is -0.287. The van der Waals surface area contributed by atoms with Crippen molar-refractivity contribution in [2.24, 2.45) is 11.8 Å². The van der Waals surface area contributed by atoms with E-state index in [2.05, 4.69) is 19.2 Å². The summed E-state index contributed by atoms with van der Waals surface area (Å²) >= 11 is -0.195. The van der Waals surface area contributed by atoms with Crippen molar-refractivity contribution < 1.29 is 32.7 Å². The standard InChI is InChI=1S/C29H34F3N3O4S/c1-19(2)21-10-13-28(14-11-21)18-34(23-4-3-5-24(16-23)40-29(30,31)32)27(39)35(28)17-20-6-8-22(9-7-20)26(38)33-15-12-25(36)37/h3-9,16,19,21H,10-15,17-18H2,1-2H3,(H,33,38)(H,36,37). The third-order valence-corrected chi connectivity index (χ3v) is 8.66. The minimum Gasteiger partial charge on any atom is -0.481 e. The number of carboxylic acid groups (broad SMARTS) is 1. The van der Waals surface area contributed by atoms with Gasteiger partial charge in [0.2, 0.25) is 0 Å². The number of hydrogen-bond acceptors (Lipinski definition) is 4. The zero-order valence-electron chi connectivity index (χ0n) is 22.5. The molecule has 7 nitrogen and oxygen atoms in total. The van der Waals surface area contributed by atoms with Gasteiger partial charge in [0.05, 0.1) is 18.5 Å². The second-order valence-corrected chi connectivity index (χ2v) is 12.0. The maximum Gasteiger partial charge on any atom is 0.446 e. The number of benzene rings is 2. The Morgan fingerprint density at radius 1 is 1.12 bits per heavy atom. The van der Waals surface area contributed by atoms with E-state index in [9.17, 15) is 27.6 Å². The summed E-state index contributed by atoms with van der Waals surface area (Å²) in [7, 11) is 0. The molecule has 216 valence electrons. The van der Waals surface area contributed by atoms with Gasteiger partial charge in [0, 0.05) is 29.2 Å². The third kappa shape index (κ3) is 7.10. The highest BCUT2D eigenvalue weighted by molar-refractivity contribution is 8.00. The molecule has 2 fully saturated rings. The number of aliphatic carboxylic acids is 1. The predicted octanol–water partition coefficient (Wildman–Crippen LogP) is 6.53. The molecule has 1 aliphatic heterocycles. The first-order valence-electron chi connectivity index (χ1n) is 13.4. The molecule has 0 atom stereocenters. The van der Waals surface area contributed by atoms with Crippen molar-refractivity contribution in [3.63, 3.8) is 0 Å². The smallest absolute Gasteiger partial charge is 0.446 e. The van der Waals surface area contributed by atoms with Gasteiger partial charge in [-0.25, -0.2) is 4.79 Å². The summed E-state index contributed by atoms with van der Waals surface area (Å²) in [5.41, 5.74) is -3.21. The van der Waals surface area contributed by atoms with Crippen molar-refractivity contribution in [2.45, 2.75) is 68.4 Å². The molecule has 11 heteroatoms. The van der Waals surface area contributed by atoms with E-state index in [0.29, 0.717) is 36.2 Å². The molecule has 2 aliphatic rings. The van der Waals surface area contributed by atoms with Crippen molar-refractivity contribution in [3.8, 4) is 0 Å². The average molecular weight is 578 g/mol. The molecule has 1 spiro atoms. The highest BCUT2D eigenvalue weighted by atomic mass is 32.2. The Hall–Kier alpha value is -3.21. The molecule has 4 rings (SSSR count). The average Bonchev–Trinajstić information content (AvgIpc) is 3.14. The first-order chi connectivity index (χ1) is 18.9. The minimum absolute atomic E-state index is 0.0244. The van der Waals surface area contributed by atoms with E-state index in [4.69, 9.17) is 5.11 Å². The summed E-state index contributed by atoms with van der Waals surface area (Å²) < 4.78 is 39.0. The van der Waals surface area contributed by atoms with E-state index in [0.717, 1.165) is 31.2 Å². The van der Waals surface area contributed by atoms with Crippen LogP contribution in [-0.2, 0) is 11.3 Å². The largest absolute Gasteiger partial charge is 0.481 e. The van der Waals surface area contributed by atoms with Gasteiger partial charge in [-0.1, -0.05) is 32.0 Å². The van der Waals surface area contributed by atoms with Crippen LogP contribution in [0.2, 0.25) is 0 Å². The van der Waals surface area contributed by atoms with Crippen LogP contribution in [0, 0.1) is 11.8 Å². The molecule has 1 saturated carbocycles. The molecule has 0 radical (unpaired) electrons. The van der Waals surface area contributed by atoms with Gasteiger partial charge in [0.1, 0.15) is 0 Å². The number of carboxylic acids is 1. The number of carbonyl (C=O) groups excluding carboxylic acids is 2. The zero-order valence-corrected chi connectivity index (χ0v) is 23.4. The molecule has 2 aromatic carbocycles. The first kappa shape index (κ1) is 29.8. The molecule has 1 heterocycles. The van der Waals surface area contributed by atoms with Crippen molar-refractivity contribution in [1.82, 2.24) is 10.2 Å². The molecule has 3 amide bonds. The lowest BCUT2D eigenvalue weighted by atomic mass is 9.72. The van der Waals surface area contributed by atoms with Crippen LogP contribution in [0.15, 0.2) is 53.4 Å². The summed E-state index contributed by atoms with van der Waals surface area (Å²) in [6, 6.07) is 12.6. The Balaban J connectivity index is 1.55. The monoisotopic (exact) mass is 577 g/mol. The van der Waals surface area contributed by atoms with Gasteiger partial charge >= 0.3 is 17.5 Å². The van der Waals surface area contributed by atoms with Crippen LogP contribution in [0.1, 0.15) is 61.9 Å². The summed E-state index contributed by atoms with van der Waals surface area (Å²) in [6.07, 6.45) is 3.37. The zero-order chi connectivity index (χ0) is 29.1. The highest BCUT2D eigenvalue weighted by Gasteiger charge is 2.51. The van der Waals surface area contributed by atoms with E-state index in [1.165, 1.54) is 12.1 Å². The Kier molecular flexibility index (Phi) is 9.02. The molecule has 1 saturated heterocycles. The molecule has 0 unspecified atom stereocenters. The normalized spacial score (nSPS) is 21.4. The van der Waals surface area contributed by atoms with Crippen LogP contribution in [-0.4, -0.2) is 52.1 Å². The van der Waals surface area contributed by atoms with E-state index in [1.54, 1.807) is 41.3 Å². The number of nitrogens with zero attached hydrogens (tertiary/aromatic N) is 2. The number of halogens is 3. The highest BCUT2D eigenvalue weighted by Crippen LogP contribution is 2.46. The van der Waals surface area contributed by atoms with Crippen LogP contribution in [0.3, 0.4) is 0 Å².